The number of fused-ring (bicyclic) bond motifs is 1. The molecular weight excluding hydrogens is 474 g/mol. The van der Waals surface area contributed by atoms with Gasteiger partial charge in [-0.1, -0.05) is 42.5 Å². The summed E-state index contributed by atoms with van der Waals surface area (Å²) in [5.41, 5.74) is 13.1. The first-order valence-electron chi connectivity index (χ1n) is 11.9. The number of anilines is 2. The molecule has 6 aromatic rings. The molecule has 4 aromatic heterocycles. The number of benzene rings is 2. The van der Waals surface area contributed by atoms with Crippen LogP contribution in [0.3, 0.4) is 0 Å². The van der Waals surface area contributed by atoms with Gasteiger partial charge in [-0.25, -0.2) is 24.9 Å². The molecular formula is C29H21N9. The third-order valence-corrected chi connectivity index (χ3v) is 6.10. The predicted molar refractivity (Wildman–Crippen MR) is 146 cm³/mol. The van der Waals surface area contributed by atoms with Gasteiger partial charge in [0.25, 0.3) is 0 Å². The molecule has 0 unspecified atom stereocenters. The minimum atomic E-state index is 0.140. The minimum absolute atomic E-state index is 0.140. The highest BCUT2D eigenvalue weighted by molar-refractivity contribution is 5.84. The van der Waals surface area contributed by atoms with Crippen LogP contribution in [0.15, 0.2) is 97.5 Å². The molecule has 0 fully saturated rings. The fourth-order valence-corrected chi connectivity index (χ4v) is 4.20. The highest BCUT2D eigenvalue weighted by Gasteiger charge is 2.18. The number of hydrogen-bond donors (Lipinski definition) is 2. The van der Waals surface area contributed by atoms with E-state index >= 15 is 0 Å². The topological polar surface area (TPSA) is 131 Å². The smallest absolute Gasteiger partial charge is 0.232 e. The second-order valence-electron chi connectivity index (χ2n) is 8.54. The van der Waals surface area contributed by atoms with Gasteiger partial charge >= 0.3 is 0 Å². The van der Waals surface area contributed by atoms with Crippen molar-refractivity contribution < 1.29 is 0 Å². The molecule has 0 aliphatic rings. The molecule has 182 valence electrons. The Hall–Kier alpha value is -5.62. The van der Waals surface area contributed by atoms with Crippen LogP contribution >= 0.6 is 0 Å². The lowest BCUT2D eigenvalue weighted by molar-refractivity contribution is 1.06. The average Bonchev–Trinajstić information content (AvgIpc) is 3.36. The van der Waals surface area contributed by atoms with Gasteiger partial charge in [0.05, 0.1) is 29.3 Å². The van der Waals surface area contributed by atoms with E-state index in [-0.39, 0.29) is 5.82 Å². The lowest BCUT2D eigenvalue weighted by Gasteiger charge is -2.12. The van der Waals surface area contributed by atoms with Crippen molar-refractivity contribution >= 4 is 22.7 Å². The molecule has 0 radical (unpaired) electrons. The van der Waals surface area contributed by atoms with Crippen LogP contribution in [0.1, 0.15) is 11.4 Å². The van der Waals surface area contributed by atoms with Crippen molar-refractivity contribution in [2.45, 2.75) is 6.54 Å². The Balaban J connectivity index is 1.40. The highest BCUT2D eigenvalue weighted by Crippen LogP contribution is 2.31. The van der Waals surface area contributed by atoms with E-state index in [0.29, 0.717) is 18.2 Å². The zero-order chi connectivity index (χ0) is 25.9. The zero-order valence-electron chi connectivity index (χ0n) is 20.2. The molecule has 0 aliphatic heterocycles. The van der Waals surface area contributed by atoms with Crippen LogP contribution in [-0.4, -0.2) is 29.5 Å². The van der Waals surface area contributed by atoms with Gasteiger partial charge in [-0.15, -0.1) is 0 Å². The molecule has 9 nitrogen and oxygen atoms in total. The summed E-state index contributed by atoms with van der Waals surface area (Å²) < 4.78 is 2.01. The van der Waals surface area contributed by atoms with Gasteiger partial charge < -0.3 is 11.1 Å². The van der Waals surface area contributed by atoms with Crippen molar-refractivity contribution in [1.82, 2.24) is 29.5 Å². The van der Waals surface area contributed by atoms with E-state index in [1.54, 1.807) is 18.6 Å². The molecule has 2 aromatic carbocycles. The molecule has 9 heteroatoms. The van der Waals surface area contributed by atoms with E-state index in [9.17, 15) is 0 Å². The number of nitrogens with two attached hydrogens (primary N) is 1. The summed E-state index contributed by atoms with van der Waals surface area (Å²) in [7, 11) is 0. The van der Waals surface area contributed by atoms with Crippen LogP contribution < -0.4 is 11.1 Å². The molecule has 0 aliphatic carbocycles. The average molecular weight is 496 g/mol. The first kappa shape index (κ1) is 22.8. The lowest BCUT2D eigenvalue weighted by Crippen LogP contribution is -2.04. The van der Waals surface area contributed by atoms with Gasteiger partial charge in [-0.05, 0) is 42.0 Å². The van der Waals surface area contributed by atoms with Crippen LogP contribution in [0, 0.1) is 11.3 Å². The molecule has 0 amide bonds. The summed E-state index contributed by atoms with van der Waals surface area (Å²) in [4.78, 5) is 22.2. The van der Waals surface area contributed by atoms with Gasteiger partial charge in [0.2, 0.25) is 5.82 Å². The van der Waals surface area contributed by atoms with Crippen LogP contribution in [0.25, 0.3) is 39.5 Å². The fraction of sp³-hybridized carbons (Fsp3) is 0.0345. The second kappa shape index (κ2) is 9.79. The number of nitrogens with zero attached hydrogens (tertiary/aromatic N) is 7. The standard InChI is InChI=1S/C29H21N9/c30-15-26-34-17-21(18-35-26)33-16-19-8-10-22(11-9-19)38-28(23-7-4-14-32-27(23)31)37-25-13-12-24(36-29(25)38)20-5-2-1-3-6-20/h1-14,17-18,33H,16H2,(H2,31,32). The predicted octanol–water partition coefficient (Wildman–Crippen LogP) is 5.01. The SMILES string of the molecule is N#Cc1ncc(NCc2ccc(-n3c(-c4cccnc4N)nc4ccc(-c5ccccc5)nc43)cc2)cn1. The second-order valence-corrected chi connectivity index (χ2v) is 8.54. The van der Waals surface area contributed by atoms with E-state index < -0.39 is 0 Å². The fourth-order valence-electron chi connectivity index (χ4n) is 4.20. The first-order chi connectivity index (χ1) is 18.7. The first-order valence-corrected chi connectivity index (χ1v) is 11.9. The molecule has 0 spiro atoms. The maximum atomic E-state index is 8.87. The van der Waals surface area contributed by atoms with E-state index in [1.807, 2.05) is 89.5 Å². The Morgan fingerprint density at radius 3 is 2.37 bits per heavy atom. The van der Waals surface area contributed by atoms with Crippen molar-refractivity contribution in [1.29, 1.82) is 5.26 Å². The molecule has 4 heterocycles. The van der Waals surface area contributed by atoms with Crippen molar-refractivity contribution in [3.63, 3.8) is 0 Å². The van der Waals surface area contributed by atoms with Crippen LogP contribution in [0.2, 0.25) is 0 Å². The normalized spacial score (nSPS) is 10.8. The highest BCUT2D eigenvalue weighted by atomic mass is 15.1. The van der Waals surface area contributed by atoms with Gasteiger partial charge in [0.1, 0.15) is 17.4 Å². The molecule has 0 saturated carbocycles. The summed E-state index contributed by atoms with van der Waals surface area (Å²) in [6.45, 7) is 0.568. The zero-order valence-corrected chi connectivity index (χ0v) is 20.2. The van der Waals surface area contributed by atoms with Crippen LogP contribution in [0.4, 0.5) is 11.5 Å². The van der Waals surface area contributed by atoms with Crippen LogP contribution in [-0.2, 0) is 6.54 Å². The maximum Gasteiger partial charge on any atom is 0.232 e. The molecule has 0 saturated heterocycles. The van der Waals surface area contributed by atoms with Crippen LogP contribution in [0.5, 0.6) is 0 Å². The summed E-state index contributed by atoms with van der Waals surface area (Å²) >= 11 is 0. The van der Waals surface area contributed by atoms with E-state index in [1.165, 1.54) is 0 Å². The Labute approximate surface area is 218 Å². The van der Waals surface area contributed by atoms with Crippen molar-refractivity contribution in [3.8, 4) is 34.4 Å². The summed E-state index contributed by atoms with van der Waals surface area (Å²) in [6, 6.07) is 27.8. The lowest BCUT2D eigenvalue weighted by atomic mass is 10.1. The number of nitrogen functional groups attached to an aromatic ring is 1. The van der Waals surface area contributed by atoms with Gasteiger partial charge in [0.15, 0.2) is 11.5 Å². The summed E-state index contributed by atoms with van der Waals surface area (Å²) in [5.74, 6) is 1.21. The summed E-state index contributed by atoms with van der Waals surface area (Å²) in [6.07, 6.45) is 4.86. The third kappa shape index (κ3) is 4.38. The van der Waals surface area contributed by atoms with Crippen molar-refractivity contribution in [3.05, 3.63) is 109 Å². The Morgan fingerprint density at radius 1 is 0.842 bits per heavy atom. The number of rotatable bonds is 6. The number of aromatic nitrogens is 6. The Morgan fingerprint density at radius 2 is 1.63 bits per heavy atom. The van der Waals surface area contributed by atoms with Crippen molar-refractivity contribution in [2.75, 3.05) is 11.1 Å². The number of pyridine rings is 2. The molecule has 3 N–H and O–H groups in total. The summed E-state index contributed by atoms with van der Waals surface area (Å²) in [5, 5.41) is 12.1. The molecule has 0 atom stereocenters. The Kier molecular flexibility index (Phi) is 5.88. The van der Waals surface area contributed by atoms with Gasteiger partial charge in [-0.3, -0.25) is 4.57 Å². The quantitative estimate of drug-likeness (QED) is 0.330. The molecule has 6 rings (SSSR count). The largest absolute Gasteiger partial charge is 0.383 e. The van der Waals surface area contributed by atoms with E-state index in [2.05, 4.69) is 20.3 Å². The molecule has 38 heavy (non-hydrogen) atoms. The maximum absolute atomic E-state index is 8.87. The Bertz CT molecular complexity index is 1770. The third-order valence-electron chi connectivity index (χ3n) is 6.10. The van der Waals surface area contributed by atoms with Gasteiger partial charge in [0, 0.05) is 24.0 Å². The molecule has 0 bridgehead atoms. The minimum Gasteiger partial charge on any atom is -0.383 e. The van der Waals surface area contributed by atoms with E-state index in [0.717, 1.165) is 44.9 Å². The van der Waals surface area contributed by atoms with E-state index in [4.69, 9.17) is 21.0 Å². The number of nitriles is 1. The monoisotopic (exact) mass is 495 g/mol. The number of nitrogens with one attached hydrogen (secondary N) is 1. The van der Waals surface area contributed by atoms with Gasteiger partial charge in [-0.2, -0.15) is 5.26 Å². The van der Waals surface area contributed by atoms with Crippen molar-refractivity contribution in [2.24, 2.45) is 0 Å². The number of imidazole rings is 1. The number of hydrogen-bond acceptors (Lipinski definition) is 8.